The number of carbonyl (C=O) groups excluding carboxylic acids is 1. The molecule has 1 atom stereocenters. The maximum atomic E-state index is 12.9. The lowest BCUT2D eigenvalue weighted by Gasteiger charge is -2.35. The number of aromatic amines is 1. The molecular weight excluding hydrogens is 352 g/mol. The number of rotatable bonds is 3. The summed E-state index contributed by atoms with van der Waals surface area (Å²) in [7, 11) is 0. The number of nitrogens with two attached hydrogens (primary N) is 1. The van der Waals surface area contributed by atoms with E-state index in [0.717, 1.165) is 49.7 Å². The fourth-order valence-corrected chi connectivity index (χ4v) is 4.47. The van der Waals surface area contributed by atoms with Crippen molar-refractivity contribution in [3.05, 3.63) is 34.2 Å². The lowest BCUT2D eigenvalue weighted by atomic mass is 10.0. The van der Waals surface area contributed by atoms with Crippen LogP contribution >= 0.6 is 12.4 Å². The molecule has 7 heteroatoms. The van der Waals surface area contributed by atoms with Gasteiger partial charge in [0.05, 0.1) is 11.0 Å². The van der Waals surface area contributed by atoms with E-state index in [1.165, 1.54) is 12.8 Å². The first kappa shape index (κ1) is 19.0. The van der Waals surface area contributed by atoms with Crippen LogP contribution in [0.1, 0.15) is 61.3 Å². The van der Waals surface area contributed by atoms with Gasteiger partial charge in [0.2, 0.25) is 0 Å². The van der Waals surface area contributed by atoms with Crippen LogP contribution in [0.25, 0.3) is 11.0 Å². The third-order valence-electron chi connectivity index (χ3n) is 5.81. The van der Waals surface area contributed by atoms with Crippen molar-refractivity contribution in [3.63, 3.8) is 0 Å². The zero-order valence-electron chi connectivity index (χ0n) is 14.9. The van der Waals surface area contributed by atoms with Crippen molar-refractivity contribution in [2.45, 2.75) is 57.0 Å². The number of aromatic nitrogens is 2. The lowest BCUT2D eigenvalue weighted by Crippen LogP contribution is -2.47. The first-order chi connectivity index (χ1) is 12.2. The van der Waals surface area contributed by atoms with Gasteiger partial charge in [-0.3, -0.25) is 9.36 Å². The summed E-state index contributed by atoms with van der Waals surface area (Å²) in [6.45, 7) is 1.27. The van der Waals surface area contributed by atoms with E-state index in [1.807, 2.05) is 27.7 Å². The molecule has 1 saturated heterocycles. The summed E-state index contributed by atoms with van der Waals surface area (Å²) in [5, 5.41) is 0. The SMILES string of the molecule is Cl.NCC1CCCCN1C(=O)c1ccc2c(c1)[nH]c(=O)n2C1CCCC1. The van der Waals surface area contributed by atoms with Crippen molar-refractivity contribution < 1.29 is 4.79 Å². The van der Waals surface area contributed by atoms with Gasteiger partial charge in [-0.15, -0.1) is 12.4 Å². The number of halogens is 1. The van der Waals surface area contributed by atoms with Crippen LogP contribution in [-0.2, 0) is 0 Å². The van der Waals surface area contributed by atoms with E-state index in [2.05, 4.69) is 4.98 Å². The van der Waals surface area contributed by atoms with Crippen LogP contribution < -0.4 is 11.4 Å². The second-order valence-corrected chi connectivity index (χ2v) is 7.35. The molecule has 1 aromatic carbocycles. The number of likely N-dealkylation sites (tertiary alicyclic amines) is 1. The van der Waals surface area contributed by atoms with Crippen LogP contribution in [0.2, 0.25) is 0 Å². The molecule has 1 aliphatic carbocycles. The minimum atomic E-state index is -0.0655. The highest BCUT2D eigenvalue weighted by molar-refractivity contribution is 5.97. The highest BCUT2D eigenvalue weighted by Gasteiger charge is 2.27. The molecule has 142 valence electrons. The Morgan fingerprint density at radius 3 is 2.62 bits per heavy atom. The Morgan fingerprint density at radius 1 is 1.15 bits per heavy atom. The summed E-state index contributed by atoms with van der Waals surface area (Å²) in [6, 6.07) is 6.00. The maximum absolute atomic E-state index is 12.9. The van der Waals surface area contributed by atoms with E-state index < -0.39 is 0 Å². The monoisotopic (exact) mass is 378 g/mol. The third kappa shape index (κ3) is 3.28. The van der Waals surface area contributed by atoms with Gasteiger partial charge in [0, 0.05) is 30.7 Å². The van der Waals surface area contributed by atoms with Gasteiger partial charge >= 0.3 is 5.69 Å². The Kier molecular flexibility index (Phi) is 5.73. The average Bonchev–Trinajstić information content (AvgIpc) is 3.26. The first-order valence-electron chi connectivity index (χ1n) is 9.44. The van der Waals surface area contributed by atoms with Gasteiger partial charge in [0.1, 0.15) is 0 Å². The number of hydrogen-bond donors (Lipinski definition) is 2. The predicted molar refractivity (Wildman–Crippen MR) is 105 cm³/mol. The molecule has 2 heterocycles. The molecule has 4 rings (SSSR count). The fourth-order valence-electron chi connectivity index (χ4n) is 4.47. The van der Waals surface area contributed by atoms with E-state index in [4.69, 9.17) is 5.73 Å². The van der Waals surface area contributed by atoms with Crippen molar-refractivity contribution in [2.75, 3.05) is 13.1 Å². The predicted octanol–water partition coefficient (Wildman–Crippen LogP) is 2.82. The Morgan fingerprint density at radius 2 is 1.88 bits per heavy atom. The summed E-state index contributed by atoms with van der Waals surface area (Å²) < 4.78 is 1.88. The average molecular weight is 379 g/mol. The normalized spacial score (nSPS) is 21.1. The number of piperidine rings is 1. The smallest absolute Gasteiger partial charge is 0.326 e. The van der Waals surface area contributed by atoms with Crippen molar-refractivity contribution in [2.24, 2.45) is 5.73 Å². The second-order valence-electron chi connectivity index (χ2n) is 7.35. The van der Waals surface area contributed by atoms with Gasteiger partial charge in [-0.05, 0) is 50.3 Å². The van der Waals surface area contributed by atoms with E-state index in [-0.39, 0.29) is 36.1 Å². The molecular formula is C19H27ClN4O2. The number of H-pyrrole nitrogens is 1. The minimum absolute atomic E-state index is 0. The summed E-state index contributed by atoms with van der Waals surface area (Å²) in [6.07, 6.45) is 7.59. The lowest BCUT2D eigenvalue weighted by molar-refractivity contribution is 0.0623. The van der Waals surface area contributed by atoms with Crippen LogP contribution in [0.4, 0.5) is 0 Å². The van der Waals surface area contributed by atoms with Gasteiger partial charge in [-0.2, -0.15) is 0 Å². The quantitative estimate of drug-likeness (QED) is 0.861. The largest absolute Gasteiger partial charge is 0.334 e. The first-order valence-corrected chi connectivity index (χ1v) is 9.44. The van der Waals surface area contributed by atoms with Gasteiger partial charge in [0.25, 0.3) is 5.91 Å². The number of imidazole rings is 1. The molecule has 2 fully saturated rings. The van der Waals surface area contributed by atoms with Crippen LogP contribution in [-0.4, -0.2) is 39.5 Å². The minimum Gasteiger partial charge on any atom is -0.334 e. The summed E-state index contributed by atoms with van der Waals surface area (Å²) >= 11 is 0. The molecule has 3 N–H and O–H groups in total. The topological polar surface area (TPSA) is 84.1 Å². The Balaban J connectivity index is 0.00000196. The number of hydrogen-bond acceptors (Lipinski definition) is 3. The molecule has 0 bridgehead atoms. The highest BCUT2D eigenvalue weighted by Crippen LogP contribution is 2.31. The zero-order chi connectivity index (χ0) is 17.4. The second kappa shape index (κ2) is 7.84. The molecule has 0 radical (unpaired) electrons. The Hall–Kier alpha value is -1.79. The molecule has 2 aliphatic rings. The van der Waals surface area contributed by atoms with Gasteiger partial charge in [-0.25, -0.2) is 4.79 Å². The number of nitrogens with one attached hydrogen (secondary N) is 1. The molecule has 1 aliphatic heterocycles. The van der Waals surface area contributed by atoms with Crippen molar-refractivity contribution in [3.8, 4) is 0 Å². The molecule has 2 aromatic rings. The maximum Gasteiger partial charge on any atom is 0.326 e. The standard InChI is InChI=1S/C19H26N4O2.ClH/c20-12-15-7-3-4-10-22(15)18(24)13-8-9-17-16(11-13)21-19(25)23(17)14-5-1-2-6-14;/h8-9,11,14-15H,1-7,10,12,20H2,(H,21,25);1H. The fraction of sp³-hybridized carbons (Fsp3) is 0.579. The van der Waals surface area contributed by atoms with Crippen LogP contribution in [0.3, 0.4) is 0 Å². The number of nitrogens with zero attached hydrogens (tertiary/aromatic N) is 2. The van der Waals surface area contributed by atoms with Crippen LogP contribution in [0.15, 0.2) is 23.0 Å². The van der Waals surface area contributed by atoms with Gasteiger partial charge in [-0.1, -0.05) is 12.8 Å². The molecule has 6 nitrogen and oxygen atoms in total. The molecule has 1 unspecified atom stereocenters. The number of benzene rings is 1. The van der Waals surface area contributed by atoms with Crippen molar-refractivity contribution >= 4 is 29.3 Å². The summed E-state index contributed by atoms with van der Waals surface area (Å²) in [4.78, 5) is 30.2. The van der Waals surface area contributed by atoms with Crippen molar-refractivity contribution in [1.82, 2.24) is 14.5 Å². The van der Waals surface area contributed by atoms with E-state index >= 15 is 0 Å². The molecule has 1 amide bonds. The number of carbonyl (C=O) groups is 1. The van der Waals surface area contributed by atoms with Gasteiger partial charge < -0.3 is 15.6 Å². The molecule has 0 spiro atoms. The third-order valence-corrected chi connectivity index (χ3v) is 5.81. The van der Waals surface area contributed by atoms with Crippen LogP contribution in [0, 0.1) is 0 Å². The molecule has 26 heavy (non-hydrogen) atoms. The van der Waals surface area contributed by atoms with Crippen LogP contribution in [0.5, 0.6) is 0 Å². The van der Waals surface area contributed by atoms with Crippen molar-refractivity contribution in [1.29, 1.82) is 0 Å². The van der Waals surface area contributed by atoms with E-state index in [1.54, 1.807) is 0 Å². The van der Waals surface area contributed by atoms with E-state index in [0.29, 0.717) is 12.1 Å². The number of amides is 1. The highest BCUT2D eigenvalue weighted by atomic mass is 35.5. The Labute approximate surface area is 159 Å². The number of fused-ring (bicyclic) bond motifs is 1. The zero-order valence-corrected chi connectivity index (χ0v) is 15.8. The summed E-state index contributed by atoms with van der Waals surface area (Å²) in [5.74, 6) is 0.0199. The van der Waals surface area contributed by atoms with E-state index in [9.17, 15) is 9.59 Å². The van der Waals surface area contributed by atoms with Gasteiger partial charge in [0.15, 0.2) is 0 Å². The molecule has 1 aromatic heterocycles. The molecule has 1 saturated carbocycles. The Bertz CT molecular complexity index is 838. The summed E-state index contributed by atoms with van der Waals surface area (Å²) in [5.41, 5.74) is 8.07.